The average molecular weight is 559 g/mol. The SMILES string of the molecule is BC(C)(C)CCOC(C)(C)CCC(C)(C)NC(=O)CCC(C)(C)c1ccc(N2C(=O)CC(SCC)C2=O)cc1. The normalized spacial score (nSPS) is 17.2. The van der Waals surface area contributed by atoms with Gasteiger partial charge in [-0.3, -0.25) is 14.4 Å². The summed E-state index contributed by atoms with van der Waals surface area (Å²) in [6.07, 6.45) is 4.08. The molecule has 0 radical (unpaired) electrons. The number of thioether (sulfide) groups is 1. The third kappa shape index (κ3) is 10.6. The van der Waals surface area contributed by atoms with Crippen molar-refractivity contribution in [1.82, 2.24) is 5.32 Å². The molecule has 0 spiro atoms. The lowest BCUT2D eigenvalue weighted by atomic mass is 9.70. The van der Waals surface area contributed by atoms with Crippen LogP contribution >= 0.6 is 11.8 Å². The zero-order valence-electron chi connectivity index (χ0n) is 26.0. The first-order valence-electron chi connectivity index (χ1n) is 14.4. The number of carbonyl (C=O) groups excluding carboxylic acids is 3. The van der Waals surface area contributed by atoms with E-state index in [9.17, 15) is 14.4 Å². The van der Waals surface area contributed by atoms with Crippen LogP contribution in [0.3, 0.4) is 0 Å². The number of anilines is 1. The van der Waals surface area contributed by atoms with Gasteiger partial charge < -0.3 is 10.1 Å². The van der Waals surface area contributed by atoms with Crippen molar-refractivity contribution in [2.75, 3.05) is 17.3 Å². The van der Waals surface area contributed by atoms with Crippen LogP contribution in [0.4, 0.5) is 5.69 Å². The summed E-state index contributed by atoms with van der Waals surface area (Å²) in [6, 6.07) is 7.64. The average Bonchev–Trinajstić information content (AvgIpc) is 3.08. The summed E-state index contributed by atoms with van der Waals surface area (Å²) in [7, 11) is 2.22. The molecule has 6 nitrogen and oxygen atoms in total. The van der Waals surface area contributed by atoms with Crippen LogP contribution in [0, 0.1) is 0 Å². The minimum atomic E-state index is -0.323. The van der Waals surface area contributed by atoms with Crippen molar-refractivity contribution in [1.29, 1.82) is 0 Å². The predicted molar refractivity (Wildman–Crippen MR) is 166 cm³/mol. The van der Waals surface area contributed by atoms with Crippen molar-refractivity contribution in [2.45, 2.75) is 128 Å². The Balaban J connectivity index is 1.88. The Morgan fingerprint density at radius 1 is 1.00 bits per heavy atom. The molecular weight excluding hydrogens is 507 g/mol. The van der Waals surface area contributed by atoms with Gasteiger partial charge in [-0.2, -0.15) is 0 Å². The van der Waals surface area contributed by atoms with E-state index in [0.29, 0.717) is 18.5 Å². The first kappa shape index (κ1) is 33.4. The maximum Gasteiger partial charge on any atom is 0.247 e. The molecule has 39 heavy (non-hydrogen) atoms. The number of hydrogen-bond donors (Lipinski definition) is 1. The lowest BCUT2D eigenvalue weighted by molar-refractivity contribution is -0.123. The van der Waals surface area contributed by atoms with Crippen LogP contribution in [0.15, 0.2) is 24.3 Å². The molecule has 0 aliphatic carbocycles. The maximum atomic E-state index is 12.9. The van der Waals surface area contributed by atoms with Crippen LogP contribution in [0.5, 0.6) is 0 Å². The fraction of sp³-hybridized carbons (Fsp3) is 0.710. The van der Waals surface area contributed by atoms with Gasteiger partial charge in [-0.25, -0.2) is 4.90 Å². The summed E-state index contributed by atoms with van der Waals surface area (Å²) in [5.41, 5.74) is 0.903. The predicted octanol–water partition coefficient (Wildman–Crippen LogP) is 5.82. The van der Waals surface area contributed by atoms with Crippen LogP contribution in [-0.4, -0.2) is 54.3 Å². The first-order chi connectivity index (χ1) is 17.9. The second-order valence-electron chi connectivity index (χ2n) is 14.0. The summed E-state index contributed by atoms with van der Waals surface area (Å²) < 4.78 is 6.16. The molecule has 1 aromatic rings. The van der Waals surface area contributed by atoms with Crippen LogP contribution in [0.1, 0.15) is 106 Å². The Hall–Kier alpha value is -1.80. The summed E-state index contributed by atoms with van der Waals surface area (Å²) in [5, 5.41) is 3.19. The number of nitrogens with zero attached hydrogens (tertiary/aromatic N) is 1. The number of ether oxygens (including phenoxy) is 1. The molecule has 1 unspecified atom stereocenters. The van der Waals surface area contributed by atoms with Crippen LogP contribution < -0.4 is 10.2 Å². The van der Waals surface area contributed by atoms with E-state index in [-0.39, 0.29) is 51.3 Å². The van der Waals surface area contributed by atoms with E-state index in [1.165, 1.54) is 16.7 Å². The third-order valence-corrected chi connectivity index (χ3v) is 8.64. The van der Waals surface area contributed by atoms with Gasteiger partial charge in [0.05, 0.1) is 16.5 Å². The second-order valence-corrected chi connectivity index (χ2v) is 15.5. The minimum Gasteiger partial charge on any atom is -0.376 e. The highest BCUT2D eigenvalue weighted by molar-refractivity contribution is 8.00. The zero-order valence-corrected chi connectivity index (χ0v) is 26.8. The quantitative estimate of drug-likeness (QED) is 0.217. The molecule has 3 amide bonds. The van der Waals surface area contributed by atoms with Gasteiger partial charge in [0.25, 0.3) is 0 Å². The fourth-order valence-electron chi connectivity index (χ4n) is 4.66. The van der Waals surface area contributed by atoms with Crippen molar-refractivity contribution in [2.24, 2.45) is 0 Å². The molecule has 0 saturated carbocycles. The van der Waals surface area contributed by atoms with Crippen LogP contribution in [-0.2, 0) is 24.5 Å². The first-order valence-corrected chi connectivity index (χ1v) is 15.4. The standard InChI is InChI=1S/C31H51BN2O4S/c1-10-39-24-21-26(36)34(27(24)37)23-13-11-22(12-14-23)28(2,3)16-15-25(35)33-30(6,7)17-18-31(8,9)38-20-19-29(4,5)32/h11-14,24H,10,15-21,32H2,1-9H3,(H,33,35). The maximum absolute atomic E-state index is 12.9. The molecule has 1 heterocycles. The van der Waals surface area contributed by atoms with Crippen molar-refractivity contribution in [3.63, 3.8) is 0 Å². The number of nitrogens with one attached hydrogen (secondary N) is 1. The lowest BCUT2D eigenvalue weighted by Gasteiger charge is -2.33. The molecule has 0 aromatic heterocycles. The Bertz CT molecular complexity index is 999. The molecule has 1 aliphatic rings. The molecule has 1 fully saturated rings. The van der Waals surface area contributed by atoms with Gasteiger partial charge in [0.2, 0.25) is 17.7 Å². The van der Waals surface area contributed by atoms with E-state index in [2.05, 4.69) is 68.6 Å². The molecule has 1 aliphatic heterocycles. The highest BCUT2D eigenvalue weighted by atomic mass is 32.2. The summed E-state index contributed by atoms with van der Waals surface area (Å²) in [6.45, 7) is 19.8. The van der Waals surface area contributed by atoms with E-state index in [1.807, 2.05) is 31.2 Å². The monoisotopic (exact) mass is 558 g/mol. The molecular formula is C31H51BN2O4S. The Kier molecular flexibility index (Phi) is 11.3. The van der Waals surface area contributed by atoms with Gasteiger partial charge in [0, 0.05) is 25.0 Å². The van der Waals surface area contributed by atoms with E-state index >= 15 is 0 Å². The Morgan fingerprint density at radius 3 is 2.18 bits per heavy atom. The highest BCUT2D eigenvalue weighted by Gasteiger charge is 2.39. The molecule has 218 valence electrons. The van der Waals surface area contributed by atoms with Crippen LogP contribution in [0.2, 0.25) is 5.31 Å². The van der Waals surface area contributed by atoms with E-state index in [1.54, 1.807) is 0 Å². The summed E-state index contributed by atoms with van der Waals surface area (Å²) in [4.78, 5) is 39.4. The number of rotatable bonds is 15. The van der Waals surface area contributed by atoms with Crippen molar-refractivity contribution in [3.05, 3.63) is 29.8 Å². The molecule has 2 rings (SSSR count). The molecule has 1 atom stereocenters. The fourth-order valence-corrected chi connectivity index (χ4v) is 5.57. The number of carbonyl (C=O) groups is 3. The topological polar surface area (TPSA) is 75.7 Å². The largest absolute Gasteiger partial charge is 0.376 e. The summed E-state index contributed by atoms with van der Waals surface area (Å²) in [5.74, 6) is 0.582. The molecule has 8 heteroatoms. The Labute approximate surface area is 242 Å². The van der Waals surface area contributed by atoms with Crippen molar-refractivity contribution >= 4 is 43.0 Å². The highest BCUT2D eigenvalue weighted by Crippen LogP contribution is 2.33. The van der Waals surface area contributed by atoms with Gasteiger partial charge in [-0.15, -0.1) is 11.8 Å². The number of hydrogen-bond acceptors (Lipinski definition) is 5. The summed E-state index contributed by atoms with van der Waals surface area (Å²) >= 11 is 1.52. The number of imide groups is 1. The van der Waals surface area contributed by atoms with Crippen molar-refractivity contribution < 1.29 is 19.1 Å². The molecule has 1 saturated heterocycles. The zero-order chi connectivity index (χ0) is 29.6. The minimum absolute atomic E-state index is 0.0453. The molecule has 0 bridgehead atoms. The number of amides is 3. The van der Waals surface area contributed by atoms with Gasteiger partial charge in [0.1, 0.15) is 7.85 Å². The van der Waals surface area contributed by atoms with Crippen LogP contribution in [0.25, 0.3) is 0 Å². The van der Waals surface area contributed by atoms with E-state index < -0.39 is 0 Å². The van der Waals surface area contributed by atoms with Gasteiger partial charge >= 0.3 is 0 Å². The van der Waals surface area contributed by atoms with E-state index in [4.69, 9.17) is 4.74 Å². The smallest absolute Gasteiger partial charge is 0.247 e. The number of benzene rings is 1. The lowest BCUT2D eigenvalue weighted by Crippen LogP contribution is -2.45. The van der Waals surface area contributed by atoms with Gasteiger partial charge in [-0.05, 0) is 82.2 Å². The Morgan fingerprint density at radius 2 is 1.62 bits per heavy atom. The van der Waals surface area contributed by atoms with Gasteiger partial charge in [-0.1, -0.05) is 52.1 Å². The van der Waals surface area contributed by atoms with E-state index in [0.717, 1.165) is 37.2 Å². The molecule has 1 N–H and O–H groups in total. The second kappa shape index (κ2) is 13.2. The molecule has 1 aromatic carbocycles. The van der Waals surface area contributed by atoms with Gasteiger partial charge in [0.15, 0.2) is 0 Å². The van der Waals surface area contributed by atoms with Crippen molar-refractivity contribution in [3.8, 4) is 0 Å². The third-order valence-electron chi connectivity index (χ3n) is 7.53.